The van der Waals surface area contributed by atoms with Crippen molar-refractivity contribution in [2.45, 2.75) is 21.9 Å². The zero-order valence-electron chi connectivity index (χ0n) is 8.38. The van der Waals surface area contributed by atoms with Crippen molar-refractivity contribution in [2.75, 3.05) is 0 Å². The van der Waals surface area contributed by atoms with Crippen LogP contribution in [0.1, 0.15) is 6.42 Å². The van der Waals surface area contributed by atoms with Gasteiger partial charge in [-0.2, -0.15) is 0 Å². The summed E-state index contributed by atoms with van der Waals surface area (Å²) in [5.74, 6) is 0. The van der Waals surface area contributed by atoms with E-state index in [9.17, 15) is 10.1 Å². The number of nitro benzene ring substituents is 1. The summed E-state index contributed by atoms with van der Waals surface area (Å²) in [5, 5.41) is 11.0. The fourth-order valence-corrected chi connectivity index (χ4v) is 3.12. The molecule has 2 atom stereocenters. The summed E-state index contributed by atoms with van der Waals surface area (Å²) in [4.78, 5) is 11.2. The third-order valence-corrected chi connectivity index (χ3v) is 4.37. The quantitative estimate of drug-likeness (QED) is 0.359. The van der Waals surface area contributed by atoms with Crippen LogP contribution in [0.15, 0.2) is 41.3 Å². The summed E-state index contributed by atoms with van der Waals surface area (Å²) in [5.41, 5.74) is 0.156. The van der Waals surface area contributed by atoms with Crippen molar-refractivity contribution < 1.29 is 4.92 Å². The van der Waals surface area contributed by atoms with Gasteiger partial charge in [0, 0.05) is 11.3 Å². The van der Waals surface area contributed by atoms with Crippen molar-refractivity contribution in [1.82, 2.24) is 0 Å². The van der Waals surface area contributed by atoms with Crippen LogP contribution in [0.4, 0.5) is 5.69 Å². The largest absolute Gasteiger partial charge is 0.282 e. The van der Waals surface area contributed by atoms with Crippen molar-refractivity contribution in [2.24, 2.45) is 0 Å². The number of rotatable bonds is 3. The number of para-hydroxylation sites is 1. The van der Waals surface area contributed by atoms with Gasteiger partial charge in [-0.3, -0.25) is 10.1 Å². The Hall–Kier alpha value is -1.000. The third kappa shape index (κ3) is 2.39. The highest BCUT2D eigenvalue weighted by Gasteiger charge is 2.24. The summed E-state index contributed by atoms with van der Waals surface area (Å²) in [6, 6.07) is 6.77. The highest BCUT2D eigenvalue weighted by molar-refractivity contribution is 8.00. The summed E-state index contributed by atoms with van der Waals surface area (Å²) in [7, 11) is 0. The molecule has 0 N–H and O–H groups in total. The van der Waals surface area contributed by atoms with Gasteiger partial charge in [0.15, 0.2) is 0 Å². The molecule has 84 valence electrons. The lowest BCUT2D eigenvalue weighted by molar-refractivity contribution is -0.387. The topological polar surface area (TPSA) is 43.1 Å². The number of nitro groups is 1. The molecule has 0 aliphatic heterocycles. The highest BCUT2D eigenvalue weighted by Crippen LogP contribution is 2.38. The van der Waals surface area contributed by atoms with Crippen LogP contribution in [-0.4, -0.2) is 15.6 Å². The summed E-state index contributed by atoms with van der Waals surface area (Å²) in [6.45, 7) is 0. The Morgan fingerprint density at radius 3 is 2.81 bits per heavy atom. The van der Waals surface area contributed by atoms with E-state index in [4.69, 9.17) is 11.6 Å². The molecule has 0 aromatic heterocycles. The Labute approximate surface area is 103 Å². The van der Waals surface area contributed by atoms with Crippen LogP contribution in [0.2, 0.25) is 0 Å². The molecule has 0 bridgehead atoms. The van der Waals surface area contributed by atoms with Gasteiger partial charge in [0.1, 0.15) is 0 Å². The van der Waals surface area contributed by atoms with Crippen LogP contribution >= 0.6 is 23.4 Å². The Bertz CT molecular complexity index is 436. The molecule has 5 heteroatoms. The highest BCUT2D eigenvalue weighted by atomic mass is 35.5. The van der Waals surface area contributed by atoms with Crippen LogP contribution in [0.5, 0.6) is 0 Å². The van der Waals surface area contributed by atoms with Gasteiger partial charge in [-0.1, -0.05) is 24.3 Å². The lowest BCUT2D eigenvalue weighted by Gasteiger charge is -2.12. The molecule has 16 heavy (non-hydrogen) atoms. The van der Waals surface area contributed by atoms with Gasteiger partial charge in [0.2, 0.25) is 0 Å². The molecule has 0 radical (unpaired) electrons. The number of benzene rings is 1. The third-order valence-electron chi connectivity index (χ3n) is 2.38. The van der Waals surface area contributed by atoms with E-state index in [-0.39, 0.29) is 21.2 Å². The molecule has 0 saturated carbocycles. The number of alkyl halides is 1. The molecule has 0 heterocycles. The molecular formula is C11H10ClNO2S. The number of hydrogen-bond acceptors (Lipinski definition) is 3. The summed E-state index contributed by atoms with van der Waals surface area (Å²) in [6.07, 6.45) is 4.82. The predicted octanol–water partition coefficient (Wildman–Crippen LogP) is 3.62. The number of hydrogen-bond donors (Lipinski definition) is 0. The van der Waals surface area contributed by atoms with Gasteiger partial charge in [-0.05, 0) is 12.5 Å². The average Bonchev–Trinajstić information content (AvgIpc) is 2.65. The van der Waals surface area contributed by atoms with Gasteiger partial charge < -0.3 is 0 Å². The fourth-order valence-electron chi connectivity index (χ4n) is 1.58. The van der Waals surface area contributed by atoms with Crippen LogP contribution in [0.3, 0.4) is 0 Å². The van der Waals surface area contributed by atoms with E-state index in [0.717, 1.165) is 6.42 Å². The first kappa shape index (κ1) is 11.5. The van der Waals surface area contributed by atoms with Crippen molar-refractivity contribution in [3.05, 3.63) is 46.5 Å². The minimum Gasteiger partial charge on any atom is -0.258 e. The van der Waals surface area contributed by atoms with E-state index in [1.54, 1.807) is 18.2 Å². The molecule has 0 spiro atoms. The maximum Gasteiger partial charge on any atom is 0.282 e. The molecule has 1 aromatic carbocycles. The molecule has 0 fully saturated rings. The van der Waals surface area contributed by atoms with Crippen LogP contribution in [0.25, 0.3) is 0 Å². The minimum absolute atomic E-state index is 0.0372. The molecule has 1 aliphatic carbocycles. The van der Waals surface area contributed by atoms with E-state index >= 15 is 0 Å². The standard InChI is InChI=1S/C11H10ClNO2S/c12-8-4-3-7-10(8)16-11-6-2-1-5-9(11)13(14)15/h1-6,8,10H,7H2. The second-order valence-electron chi connectivity index (χ2n) is 3.49. The maximum atomic E-state index is 10.8. The van der Waals surface area contributed by atoms with E-state index < -0.39 is 0 Å². The number of nitrogens with zero attached hydrogens (tertiary/aromatic N) is 1. The molecule has 3 nitrogen and oxygen atoms in total. The van der Waals surface area contributed by atoms with Crippen molar-refractivity contribution >= 4 is 29.1 Å². The Kier molecular flexibility index (Phi) is 3.51. The first-order valence-electron chi connectivity index (χ1n) is 4.89. The van der Waals surface area contributed by atoms with Gasteiger partial charge in [-0.15, -0.1) is 23.4 Å². The molecule has 0 amide bonds. The lowest BCUT2D eigenvalue weighted by atomic mass is 10.3. The monoisotopic (exact) mass is 255 g/mol. The number of allylic oxidation sites excluding steroid dienone is 2. The molecular weight excluding hydrogens is 246 g/mol. The second-order valence-corrected chi connectivity index (χ2v) is 5.27. The van der Waals surface area contributed by atoms with E-state index in [2.05, 4.69) is 0 Å². The van der Waals surface area contributed by atoms with E-state index in [1.807, 2.05) is 12.2 Å². The predicted molar refractivity (Wildman–Crippen MR) is 66.1 cm³/mol. The van der Waals surface area contributed by atoms with Crippen LogP contribution in [0, 0.1) is 10.1 Å². The number of thioether (sulfide) groups is 1. The summed E-state index contributed by atoms with van der Waals surface area (Å²) < 4.78 is 0. The van der Waals surface area contributed by atoms with Gasteiger partial charge in [0.25, 0.3) is 5.69 Å². The smallest absolute Gasteiger partial charge is 0.258 e. The molecule has 1 aromatic rings. The molecule has 2 rings (SSSR count). The van der Waals surface area contributed by atoms with Gasteiger partial charge in [-0.25, -0.2) is 0 Å². The Morgan fingerprint density at radius 1 is 1.44 bits per heavy atom. The Morgan fingerprint density at radius 2 is 2.19 bits per heavy atom. The van der Waals surface area contributed by atoms with Gasteiger partial charge >= 0.3 is 0 Å². The molecule has 2 unspecified atom stereocenters. The van der Waals surface area contributed by atoms with Crippen molar-refractivity contribution in [3.8, 4) is 0 Å². The fraction of sp³-hybridized carbons (Fsp3) is 0.273. The first-order valence-corrected chi connectivity index (χ1v) is 6.21. The van der Waals surface area contributed by atoms with Crippen LogP contribution < -0.4 is 0 Å². The average molecular weight is 256 g/mol. The van der Waals surface area contributed by atoms with Crippen molar-refractivity contribution in [3.63, 3.8) is 0 Å². The summed E-state index contributed by atoms with van der Waals surface area (Å²) >= 11 is 7.56. The normalized spacial score (nSPS) is 23.6. The first-order chi connectivity index (χ1) is 7.68. The van der Waals surface area contributed by atoms with Crippen LogP contribution in [-0.2, 0) is 0 Å². The van der Waals surface area contributed by atoms with Crippen molar-refractivity contribution in [1.29, 1.82) is 0 Å². The molecule has 0 saturated heterocycles. The minimum atomic E-state index is -0.353. The maximum absolute atomic E-state index is 10.8. The second kappa shape index (κ2) is 4.89. The van der Waals surface area contributed by atoms with E-state index in [0.29, 0.717) is 4.90 Å². The Balaban J connectivity index is 2.18. The van der Waals surface area contributed by atoms with Gasteiger partial charge in [0.05, 0.1) is 15.2 Å². The zero-order chi connectivity index (χ0) is 11.5. The molecule has 1 aliphatic rings. The lowest BCUT2D eigenvalue weighted by Crippen LogP contribution is -2.09. The number of halogens is 1. The zero-order valence-corrected chi connectivity index (χ0v) is 9.95. The SMILES string of the molecule is O=[N+]([O-])c1ccccc1SC1CC=CC1Cl. The van der Waals surface area contributed by atoms with E-state index in [1.165, 1.54) is 17.8 Å².